The number of nitrogens with zero attached hydrogens (tertiary/aromatic N) is 5. The molecule has 11 rings (SSSR count). The summed E-state index contributed by atoms with van der Waals surface area (Å²) in [5.74, 6) is 0. The average molecular weight is 820 g/mol. The summed E-state index contributed by atoms with van der Waals surface area (Å²) in [7, 11) is -2.18. The molecule has 266 valence electrons. The molecule has 10 aromatic rings. The van der Waals surface area contributed by atoms with Gasteiger partial charge >= 0.3 is 20.4 Å². The molecule has 55 heavy (non-hydrogen) atoms. The van der Waals surface area contributed by atoms with Gasteiger partial charge in [-0.2, -0.15) is 18.2 Å². The van der Waals surface area contributed by atoms with E-state index in [4.69, 9.17) is 4.98 Å². The van der Waals surface area contributed by atoms with Crippen LogP contribution in [0.5, 0.6) is 0 Å². The predicted molar refractivity (Wildman–Crippen MR) is 221 cm³/mol. The minimum absolute atomic E-state index is 0. The summed E-state index contributed by atoms with van der Waals surface area (Å²) in [6.07, 6.45) is 4.10. The average Bonchev–Trinajstić information content (AvgIpc) is 3.84. The van der Waals surface area contributed by atoms with Crippen molar-refractivity contribution in [3.8, 4) is 5.69 Å². The van der Waals surface area contributed by atoms with Crippen molar-refractivity contribution in [3.05, 3.63) is 175 Å². The number of aromatic nitrogens is 4. The standard InChI is InChI=1S/C47H32FN5Si.Pd/c1-54(2)43-20-9-8-19-40(43)52(32-13-4-3-5-14-32)42-28-37-36-17-11-23-49-47(36)53(41(37)29-44(42)54)33-15-10-12-30(26-33)45(48)31-21-22-34-35-16-6-7-18-39(35)51-25-24-50-46(51)38(34)27-31;/h3-25,28-29,45H,1-2H3;/q-2;+2. The fraction of sp³-hybridized carbons (Fsp3) is 0.0638. The van der Waals surface area contributed by atoms with E-state index >= 15 is 4.39 Å². The van der Waals surface area contributed by atoms with Crippen molar-refractivity contribution in [1.29, 1.82) is 0 Å². The number of imidazole rings is 1. The van der Waals surface area contributed by atoms with Gasteiger partial charge in [-0.3, -0.25) is 4.98 Å². The molecular formula is C47H32FN5PdSi. The molecule has 0 fully saturated rings. The van der Waals surface area contributed by atoms with Crippen LogP contribution in [0.1, 0.15) is 17.3 Å². The molecule has 4 aromatic heterocycles. The number of fused-ring (bicyclic) bond motifs is 11. The fourth-order valence-corrected chi connectivity index (χ4v) is 11.7. The Morgan fingerprint density at radius 2 is 1.36 bits per heavy atom. The van der Waals surface area contributed by atoms with Crippen LogP contribution in [0.15, 0.2) is 152 Å². The van der Waals surface area contributed by atoms with Gasteiger partial charge in [-0.15, -0.1) is 29.8 Å². The summed E-state index contributed by atoms with van der Waals surface area (Å²) >= 11 is 0. The van der Waals surface area contributed by atoms with E-state index in [0.717, 1.165) is 60.6 Å². The molecule has 8 heteroatoms. The number of rotatable bonds is 4. The first kappa shape index (κ1) is 33.6. The van der Waals surface area contributed by atoms with Crippen LogP contribution in [0.2, 0.25) is 13.1 Å². The number of alkyl halides is 1. The van der Waals surface area contributed by atoms with Gasteiger partial charge in [0.05, 0.1) is 11.2 Å². The van der Waals surface area contributed by atoms with Gasteiger partial charge in [0.15, 0.2) is 0 Å². The zero-order chi connectivity index (χ0) is 36.1. The van der Waals surface area contributed by atoms with Crippen molar-refractivity contribution >= 4 is 84.8 Å². The Labute approximate surface area is 332 Å². The van der Waals surface area contributed by atoms with Crippen molar-refractivity contribution in [3.63, 3.8) is 0 Å². The van der Waals surface area contributed by atoms with Crippen LogP contribution in [0, 0.1) is 12.1 Å². The second-order valence-corrected chi connectivity index (χ2v) is 18.9. The number of hydrogen-bond acceptors (Lipinski definition) is 3. The molecule has 0 saturated heterocycles. The van der Waals surface area contributed by atoms with E-state index in [9.17, 15) is 0 Å². The minimum atomic E-state index is -2.18. The first-order valence-corrected chi connectivity index (χ1v) is 21.2. The molecule has 0 spiro atoms. The Balaban J connectivity index is 0.00000372. The van der Waals surface area contributed by atoms with Gasteiger partial charge in [0.2, 0.25) is 0 Å². The fourth-order valence-electron chi connectivity index (χ4n) is 8.71. The summed E-state index contributed by atoms with van der Waals surface area (Å²) < 4.78 is 21.0. The van der Waals surface area contributed by atoms with Gasteiger partial charge in [0, 0.05) is 51.9 Å². The number of pyridine rings is 2. The van der Waals surface area contributed by atoms with E-state index in [2.05, 4.69) is 125 Å². The van der Waals surface area contributed by atoms with Crippen molar-refractivity contribution in [2.24, 2.45) is 0 Å². The molecule has 6 aromatic carbocycles. The summed E-state index contributed by atoms with van der Waals surface area (Å²) in [6, 6.07) is 53.0. The summed E-state index contributed by atoms with van der Waals surface area (Å²) in [5, 5.41) is 7.73. The van der Waals surface area contributed by atoms with E-state index < -0.39 is 14.2 Å². The molecule has 1 aliphatic rings. The summed E-state index contributed by atoms with van der Waals surface area (Å²) in [6.45, 7) is 4.87. The Kier molecular flexibility index (Phi) is 7.69. The molecule has 1 unspecified atom stereocenters. The molecule has 0 radical (unpaired) electrons. The molecule has 0 N–H and O–H groups in total. The normalized spacial score (nSPS) is 14.0. The molecule has 1 aliphatic heterocycles. The number of benzene rings is 6. The van der Waals surface area contributed by atoms with Crippen LogP contribution in [0.3, 0.4) is 0 Å². The van der Waals surface area contributed by atoms with Gasteiger partial charge in [0.1, 0.15) is 19.9 Å². The van der Waals surface area contributed by atoms with Crippen molar-refractivity contribution in [2.45, 2.75) is 19.3 Å². The van der Waals surface area contributed by atoms with E-state index in [-0.39, 0.29) is 20.4 Å². The van der Waals surface area contributed by atoms with Crippen molar-refractivity contribution < 1.29 is 24.8 Å². The monoisotopic (exact) mass is 819 g/mol. The van der Waals surface area contributed by atoms with Crippen LogP contribution in [-0.4, -0.2) is 27.0 Å². The molecule has 0 amide bonds. The first-order chi connectivity index (χ1) is 26.5. The second-order valence-electron chi connectivity index (χ2n) is 14.6. The number of para-hydroxylation sites is 3. The Morgan fingerprint density at radius 3 is 2.25 bits per heavy atom. The maximum Gasteiger partial charge on any atom is 2.00 e. The number of halogens is 1. The largest absolute Gasteiger partial charge is 2.00 e. The summed E-state index contributed by atoms with van der Waals surface area (Å²) in [4.78, 5) is 12.0. The second kappa shape index (κ2) is 12.6. The van der Waals surface area contributed by atoms with Crippen LogP contribution in [0.25, 0.3) is 54.9 Å². The van der Waals surface area contributed by atoms with Gasteiger partial charge in [0.25, 0.3) is 0 Å². The molecule has 5 nitrogen and oxygen atoms in total. The predicted octanol–water partition coefficient (Wildman–Crippen LogP) is 10.4. The van der Waals surface area contributed by atoms with Crippen LogP contribution in [-0.2, 0) is 20.4 Å². The minimum Gasteiger partial charge on any atom is -0.340 e. The molecule has 0 bridgehead atoms. The zero-order valence-corrected chi connectivity index (χ0v) is 32.5. The first-order valence-electron chi connectivity index (χ1n) is 18.2. The zero-order valence-electron chi connectivity index (χ0n) is 29.9. The molecular weight excluding hydrogens is 788 g/mol. The molecule has 0 aliphatic carbocycles. The van der Waals surface area contributed by atoms with Gasteiger partial charge in [-0.1, -0.05) is 89.7 Å². The van der Waals surface area contributed by atoms with E-state index in [1.807, 2.05) is 65.3 Å². The van der Waals surface area contributed by atoms with E-state index in [0.29, 0.717) is 11.1 Å². The maximum atomic E-state index is 16.8. The van der Waals surface area contributed by atoms with Crippen molar-refractivity contribution in [1.82, 2.24) is 18.9 Å². The Bertz CT molecular complexity index is 3130. The van der Waals surface area contributed by atoms with Crippen LogP contribution >= 0.6 is 0 Å². The van der Waals surface area contributed by atoms with E-state index in [1.165, 1.54) is 21.7 Å². The number of hydrogen-bond donors (Lipinski definition) is 0. The molecule has 5 heterocycles. The van der Waals surface area contributed by atoms with Gasteiger partial charge in [-0.05, 0) is 64.3 Å². The quantitative estimate of drug-likeness (QED) is 0.101. The van der Waals surface area contributed by atoms with Crippen LogP contribution < -0.4 is 15.3 Å². The molecule has 0 saturated carbocycles. The van der Waals surface area contributed by atoms with E-state index in [1.54, 1.807) is 6.20 Å². The third kappa shape index (κ3) is 4.92. The molecule has 1 atom stereocenters. The maximum absolute atomic E-state index is 16.8. The SMILES string of the molecule is C[Si]1(C)c2ccccc2N(c2ccccc2)c2cc3c4cccnc4n(-c4[c-]c(C(F)c5[c-]c6c(cc5)c5ccccc5n5ccnc65)ccc4)c3cc21.[Pd+2]. The summed E-state index contributed by atoms with van der Waals surface area (Å²) in [5.41, 5.74) is 8.83. The topological polar surface area (TPSA) is 38.4 Å². The smallest absolute Gasteiger partial charge is 0.340 e. The van der Waals surface area contributed by atoms with Gasteiger partial charge < -0.3 is 13.9 Å². The number of anilines is 3. The van der Waals surface area contributed by atoms with Gasteiger partial charge in [-0.25, -0.2) is 9.37 Å². The Hall–Kier alpha value is -5.91. The Morgan fingerprint density at radius 1 is 0.600 bits per heavy atom. The van der Waals surface area contributed by atoms with Crippen molar-refractivity contribution in [2.75, 3.05) is 4.90 Å². The van der Waals surface area contributed by atoms with Crippen LogP contribution in [0.4, 0.5) is 21.5 Å². The third-order valence-corrected chi connectivity index (χ3v) is 14.8. The third-order valence-electron chi connectivity index (χ3n) is 11.3.